The number of amidine groups is 1. The molecule has 4 N–H and O–H groups in total. The third kappa shape index (κ3) is 2.90. The second kappa shape index (κ2) is 5.99. The van der Waals surface area contributed by atoms with Crippen LogP contribution in [0.1, 0.15) is 51.9 Å². The summed E-state index contributed by atoms with van der Waals surface area (Å²) in [5.41, 5.74) is 4.63. The Morgan fingerprint density at radius 1 is 1.25 bits per heavy atom. The third-order valence-electron chi connectivity index (χ3n) is 4.59. The summed E-state index contributed by atoms with van der Waals surface area (Å²) in [6.07, 6.45) is 6.07. The van der Waals surface area contributed by atoms with Gasteiger partial charge in [0.1, 0.15) is 5.41 Å². The molecule has 6 heteroatoms. The van der Waals surface area contributed by atoms with E-state index in [-0.39, 0.29) is 17.3 Å². The molecule has 0 bridgehead atoms. The summed E-state index contributed by atoms with van der Waals surface area (Å²) in [4.78, 5) is 12.8. The zero-order valence-electron chi connectivity index (χ0n) is 12.2. The van der Waals surface area contributed by atoms with Crippen LogP contribution in [0.15, 0.2) is 5.16 Å². The number of rotatable bonds is 3. The number of oxime groups is 1. The van der Waals surface area contributed by atoms with Gasteiger partial charge in [0.25, 0.3) is 0 Å². The largest absolute Gasteiger partial charge is 0.409 e. The first kappa shape index (κ1) is 15.1. The fourth-order valence-electron chi connectivity index (χ4n) is 3.28. The average Bonchev–Trinajstić information content (AvgIpc) is 2.47. The molecule has 1 saturated heterocycles. The van der Waals surface area contributed by atoms with E-state index in [9.17, 15) is 4.79 Å². The van der Waals surface area contributed by atoms with Crippen molar-refractivity contribution in [2.45, 2.75) is 57.4 Å². The Morgan fingerprint density at radius 3 is 2.50 bits per heavy atom. The second-order valence-corrected chi connectivity index (χ2v) is 6.30. The molecule has 20 heavy (non-hydrogen) atoms. The molecule has 0 aromatic rings. The fraction of sp³-hybridized carbons (Fsp3) is 0.857. The maximum absolute atomic E-state index is 12.8. The second-order valence-electron chi connectivity index (χ2n) is 6.30. The van der Waals surface area contributed by atoms with Gasteiger partial charge >= 0.3 is 0 Å². The number of nitrogens with zero attached hydrogens (tertiary/aromatic N) is 1. The Labute approximate surface area is 119 Å². The van der Waals surface area contributed by atoms with Gasteiger partial charge in [-0.2, -0.15) is 0 Å². The van der Waals surface area contributed by atoms with Crippen LogP contribution in [0.3, 0.4) is 0 Å². The van der Waals surface area contributed by atoms with Crippen molar-refractivity contribution >= 4 is 11.7 Å². The van der Waals surface area contributed by atoms with Gasteiger partial charge < -0.3 is 21.0 Å². The Kier molecular flexibility index (Phi) is 4.52. The van der Waals surface area contributed by atoms with Crippen molar-refractivity contribution in [3.8, 4) is 0 Å². The summed E-state index contributed by atoms with van der Waals surface area (Å²) >= 11 is 0. The lowest BCUT2D eigenvalue weighted by Gasteiger charge is -2.40. The molecule has 1 aliphatic heterocycles. The number of hydrogen-bond donors (Lipinski definition) is 3. The molecule has 2 rings (SSSR count). The minimum Gasteiger partial charge on any atom is -0.409 e. The molecule has 0 aromatic heterocycles. The number of nitrogens with two attached hydrogens (primary N) is 1. The maximum Gasteiger partial charge on any atom is 0.234 e. The van der Waals surface area contributed by atoms with Gasteiger partial charge in [0.05, 0.1) is 12.1 Å². The predicted octanol–water partition coefficient (Wildman–Crippen LogP) is 1.37. The number of carbonyl (C=O) groups is 1. The highest BCUT2D eigenvalue weighted by molar-refractivity contribution is 6.07. The van der Waals surface area contributed by atoms with Gasteiger partial charge in [-0.3, -0.25) is 4.79 Å². The van der Waals surface area contributed by atoms with Crippen LogP contribution in [0.4, 0.5) is 0 Å². The summed E-state index contributed by atoms with van der Waals surface area (Å²) in [6.45, 7) is 3.26. The first-order valence-corrected chi connectivity index (χ1v) is 7.41. The molecule has 1 atom stereocenters. The molecule has 2 aliphatic rings. The van der Waals surface area contributed by atoms with Gasteiger partial charge in [0.2, 0.25) is 5.91 Å². The van der Waals surface area contributed by atoms with Gasteiger partial charge in [-0.1, -0.05) is 24.4 Å². The highest BCUT2D eigenvalue weighted by Crippen LogP contribution is 2.37. The highest BCUT2D eigenvalue weighted by atomic mass is 16.5. The average molecular weight is 283 g/mol. The molecule has 0 radical (unpaired) electrons. The molecule has 1 amide bonds. The molecule has 0 aromatic carbocycles. The van der Waals surface area contributed by atoms with Crippen LogP contribution in [0.5, 0.6) is 0 Å². The van der Waals surface area contributed by atoms with Crippen LogP contribution >= 0.6 is 0 Å². The fourth-order valence-corrected chi connectivity index (χ4v) is 3.28. The zero-order chi connectivity index (χ0) is 14.6. The van der Waals surface area contributed by atoms with E-state index < -0.39 is 5.41 Å². The number of amides is 1. The van der Waals surface area contributed by atoms with Crippen LogP contribution in [0.2, 0.25) is 0 Å². The summed E-state index contributed by atoms with van der Waals surface area (Å²) in [5.74, 6) is -0.0875. The lowest BCUT2D eigenvalue weighted by Crippen LogP contribution is -2.59. The molecule has 1 saturated carbocycles. The van der Waals surface area contributed by atoms with Crippen molar-refractivity contribution < 1.29 is 14.7 Å². The Hall–Kier alpha value is -1.30. The predicted molar refractivity (Wildman–Crippen MR) is 75.5 cm³/mol. The molecular formula is C14H25N3O3. The SMILES string of the molecule is CC1(NC(=O)C2(C(N)=NO)CCCCC2)CCCOC1. The van der Waals surface area contributed by atoms with Crippen molar-refractivity contribution in [3.05, 3.63) is 0 Å². The van der Waals surface area contributed by atoms with Gasteiger partial charge in [-0.25, -0.2) is 0 Å². The summed E-state index contributed by atoms with van der Waals surface area (Å²) in [7, 11) is 0. The number of carbonyl (C=O) groups excluding carboxylic acids is 1. The first-order valence-electron chi connectivity index (χ1n) is 7.41. The van der Waals surface area contributed by atoms with Crippen LogP contribution in [0, 0.1) is 5.41 Å². The van der Waals surface area contributed by atoms with E-state index >= 15 is 0 Å². The molecule has 1 heterocycles. The molecule has 1 unspecified atom stereocenters. The molecule has 1 aliphatic carbocycles. The van der Waals surface area contributed by atoms with Crippen molar-refractivity contribution in [2.75, 3.05) is 13.2 Å². The summed E-state index contributed by atoms with van der Waals surface area (Å²) in [5, 5.41) is 15.2. The Morgan fingerprint density at radius 2 is 1.95 bits per heavy atom. The van der Waals surface area contributed by atoms with E-state index in [2.05, 4.69) is 10.5 Å². The smallest absolute Gasteiger partial charge is 0.234 e. The normalized spacial score (nSPS) is 30.8. The number of ether oxygens (including phenoxy) is 1. The van der Waals surface area contributed by atoms with Gasteiger partial charge in [-0.05, 0) is 32.6 Å². The standard InChI is InChI=1S/C14H25N3O3/c1-13(6-5-9-20-10-13)16-12(18)14(11(15)17-19)7-3-2-4-8-14/h19H,2-10H2,1H3,(H2,15,17)(H,16,18). The van der Waals surface area contributed by atoms with Crippen molar-refractivity contribution in [1.29, 1.82) is 0 Å². The van der Waals surface area contributed by atoms with Crippen molar-refractivity contribution in [3.63, 3.8) is 0 Å². The van der Waals surface area contributed by atoms with Gasteiger partial charge in [0, 0.05) is 6.61 Å². The van der Waals surface area contributed by atoms with E-state index in [0.29, 0.717) is 19.4 Å². The third-order valence-corrected chi connectivity index (χ3v) is 4.59. The zero-order valence-corrected chi connectivity index (χ0v) is 12.2. The minimum atomic E-state index is -0.854. The first-order chi connectivity index (χ1) is 9.52. The van der Waals surface area contributed by atoms with Gasteiger partial charge in [0.15, 0.2) is 5.84 Å². The maximum atomic E-state index is 12.8. The van der Waals surface area contributed by atoms with Gasteiger partial charge in [-0.15, -0.1) is 0 Å². The van der Waals surface area contributed by atoms with Crippen LogP contribution < -0.4 is 11.1 Å². The van der Waals surface area contributed by atoms with Crippen LogP contribution in [0.25, 0.3) is 0 Å². The van der Waals surface area contributed by atoms with E-state index in [4.69, 9.17) is 15.7 Å². The molecule has 0 spiro atoms. The highest BCUT2D eigenvalue weighted by Gasteiger charge is 2.46. The lowest BCUT2D eigenvalue weighted by molar-refractivity contribution is -0.132. The summed E-state index contributed by atoms with van der Waals surface area (Å²) < 4.78 is 5.47. The van der Waals surface area contributed by atoms with Crippen LogP contribution in [-0.2, 0) is 9.53 Å². The van der Waals surface area contributed by atoms with Crippen molar-refractivity contribution in [1.82, 2.24) is 5.32 Å². The van der Waals surface area contributed by atoms with Crippen molar-refractivity contribution in [2.24, 2.45) is 16.3 Å². The molecule has 2 fully saturated rings. The quantitative estimate of drug-likeness (QED) is 0.315. The number of hydrogen-bond acceptors (Lipinski definition) is 4. The van der Waals surface area contributed by atoms with E-state index in [1.54, 1.807) is 0 Å². The Bertz CT molecular complexity index is 383. The van der Waals surface area contributed by atoms with E-state index in [1.165, 1.54) is 0 Å². The monoisotopic (exact) mass is 283 g/mol. The molecule has 114 valence electrons. The number of nitrogens with one attached hydrogen (secondary N) is 1. The van der Waals surface area contributed by atoms with E-state index in [0.717, 1.165) is 38.7 Å². The van der Waals surface area contributed by atoms with E-state index in [1.807, 2.05) is 6.92 Å². The van der Waals surface area contributed by atoms with Crippen LogP contribution in [-0.4, -0.2) is 35.7 Å². The topological polar surface area (TPSA) is 96.9 Å². The summed E-state index contributed by atoms with van der Waals surface area (Å²) in [6, 6.07) is 0. The lowest BCUT2D eigenvalue weighted by atomic mass is 9.72. The molecular weight excluding hydrogens is 258 g/mol. The minimum absolute atomic E-state index is 0.0371. The Balaban J connectivity index is 2.14. The molecule has 6 nitrogen and oxygen atoms in total.